The molecule has 2 atom stereocenters. The SMILES string of the molecule is CCc1ccc(NC(=O)C2(C)CCCC2N)cc1. The van der Waals surface area contributed by atoms with Gasteiger partial charge in [-0.3, -0.25) is 4.79 Å². The molecule has 98 valence electrons. The van der Waals surface area contributed by atoms with Gasteiger partial charge in [0.05, 0.1) is 5.41 Å². The highest BCUT2D eigenvalue weighted by Crippen LogP contribution is 2.37. The third kappa shape index (κ3) is 2.41. The van der Waals surface area contributed by atoms with E-state index < -0.39 is 5.41 Å². The van der Waals surface area contributed by atoms with E-state index in [2.05, 4.69) is 12.2 Å². The zero-order chi connectivity index (χ0) is 13.2. The number of aryl methyl sites for hydroxylation is 1. The highest BCUT2D eigenvalue weighted by molar-refractivity contribution is 5.95. The lowest BCUT2D eigenvalue weighted by molar-refractivity contribution is -0.125. The normalized spacial score (nSPS) is 27.2. The number of hydrogen-bond donors (Lipinski definition) is 2. The Bertz CT molecular complexity index is 427. The Morgan fingerprint density at radius 3 is 2.61 bits per heavy atom. The Morgan fingerprint density at radius 1 is 1.44 bits per heavy atom. The Balaban J connectivity index is 2.06. The molecule has 1 aliphatic carbocycles. The summed E-state index contributed by atoms with van der Waals surface area (Å²) < 4.78 is 0. The summed E-state index contributed by atoms with van der Waals surface area (Å²) in [5.41, 5.74) is 7.77. The molecule has 1 amide bonds. The van der Waals surface area contributed by atoms with E-state index in [1.807, 2.05) is 31.2 Å². The number of amides is 1. The van der Waals surface area contributed by atoms with Crippen molar-refractivity contribution in [2.75, 3.05) is 5.32 Å². The molecule has 1 fully saturated rings. The Morgan fingerprint density at radius 2 is 2.11 bits per heavy atom. The van der Waals surface area contributed by atoms with Gasteiger partial charge in [0.2, 0.25) is 5.91 Å². The molecule has 18 heavy (non-hydrogen) atoms. The molecule has 2 unspecified atom stereocenters. The number of rotatable bonds is 3. The van der Waals surface area contributed by atoms with Crippen molar-refractivity contribution in [3.05, 3.63) is 29.8 Å². The van der Waals surface area contributed by atoms with Crippen LogP contribution in [0, 0.1) is 5.41 Å². The molecule has 1 aliphatic rings. The van der Waals surface area contributed by atoms with Crippen LogP contribution in [0.2, 0.25) is 0 Å². The van der Waals surface area contributed by atoms with E-state index in [1.165, 1.54) is 5.56 Å². The molecule has 1 saturated carbocycles. The van der Waals surface area contributed by atoms with Gasteiger partial charge in [-0.1, -0.05) is 25.5 Å². The summed E-state index contributed by atoms with van der Waals surface area (Å²) in [6, 6.07) is 7.99. The minimum absolute atomic E-state index is 0.0209. The first-order valence-electron chi connectivity index (χ1n) is 6.72. The topological polar surface area (TPSA) is 55.1 Å². The van der Waals surface area contributed by atoms with Crippen molar-refractivity contribution in [1.29, 1.82) is 0 Å². The average molecular weight is 246 g/mol. The molecule has 0 spiro atoms. The van der Waals surface area contributed by atoms with Crippen LogP contribution in [0.4, 0.5) is 5.69 Å². The highest BCUT2D eigenvalue weighted by atomic mass is 16.2. The first-order chi connectivity index (χ1) is 8.56. The van der Waals surface area contributed by atoms with Gasteiger partial charge in [0.25, 0.3) is 0 Å². The molecule has 0 aliphatic heterocycles. The van der Waals surface area contributed by atoms with Gasteiger partial charge in [0.15, 0.2) is 0 Å². The fraction of sp³-hybridized carbons (Fsp3) is 0.533. The van der Waals surface area contributed by atoms with Gasteiger partial charge in [-0.15, -0.1) is 0 Å². The highest BCUT2D eigenvalue weighted by Gasteiger charge is 2.42. The minimum atomic E-state index is -0.413. The molecule has 0 radical (unpaired) electrons. The van der Waals surface area contributed by atoms with Crippen LogP contribution in [0.3, 0.4) is 0 Å². The van der Waals surface area contributed by atoms with Gasteiger partial charge in [-0.25, -0.2) is 0 Å². The molecule has 3 heteroatoms. The van der Waals surface area contributed by atoms with Crippen LogP contribution in [0.15, 0.2) is 24.3 Å². The Hall–Kier alpha value is -1.35. The van der Waals surface area contributed by atoms with Crippen LogP contribution in [-0.4, -0.2) is 11.9 Å². The summed E-state index contributed by atoms with van der Waals surface area (Å²) >= 11 is 0. The van der Waals surface area contributed by atoms with Crippen LogP contribution in [0.25, 0.3) is 0 Å². The summed E-state index contributed by atoms with van der Waals surface area (Å²) in [5, 5.41) is 2.99. The maximum absolute atomic E-state index is 12.3. The lowest BCUT2D eigenvalue weighted by Crippen LogP contribution is -2.44. The summed E-state index contributed by atoms with van der Waals surface area (Å²) in [7, 11) is 0. The fourth-order valence-electron chi connectivity index (χ4n) is 2.57. The van der Waals surface area contributed by atoms with Gasteiger partial charge in [0.1, 0.15) is 0 Å². The molecule has 1 aromatic carbocycles. The maximum atomic E-state index is 12.3. The first kappa shape index (κ1) is 13.1. The number of hydrogen-bond acceptors (Lipinski definition) is 2. The summed E-state index contributed by atoms with van der Waals surface area (Å²) in [6.45, 7) is 4.09. The third-order valence-electron chi connectivity index (χ3n) is 4.17. The largest absolute Gasteiger partial charge is 0.327 e. The van der Waals surface area contributed by atoms with E-state index in [-0.39, 0.29) is 11.9 Å². The van der Waals surface area contributed by atoms with Gasteiger partial charge in [0, 0.05) is 11.7 Å². The molecular weight excluding hydrogens is 224 g/mol. The number of benzene rings is 1. The smallest absolute Gasteiger partial charge is 0.231 e. The predicted octanol–water partition coefficient (Wildman–Crippen LogP) is 2.71. The number of nitrogens with two attached hydrogens (primary N) is 1. The van der Waals surface area contributed by atoms with E-state index in [9.17, 15) is 4.79 Å². The van der Waals surface area contributed by atoms with Crippen LogP contribution in [0.1, 0.15) is 38.7 Å². The van der Waals surface area contributed by atoms with Crippen molar-refractivity contribution >= 4 is 11.6 Å². The van der Waals surface area contributed by atoms with E-state index in [0.717, 1.165) is 31.4 Å². The van der Waals surface area contributed by atoms with Crippen molar-refractivity contribution in [3.63, 3.8) is 0 Å². The molecule has 2 rings (SSSR count). The lowest BCUT2D eigenvalue weighted by atomic mass is 9.84. The second kappa shape index (κ2) is 5.11. The number of carbonyl (C=O) groups excluding carboxylic acids is 1. The summed E-state index contributed by atoms with van der Waals surface area (Å²) in [4.78, 5) is 12.3. The first-order valence-corrected chi connectivity index (χ1v) is 6.72. The predicted molar refractivity (Wildman–Crippen MR) is 74.4 cm³/mol. The van der Waals surface area contributed by atoms with E-state index in [4.69, 9.17) is 5.73 Å². The molecule has 0 heterocycles. The van der Waals surface area contributed by atoms with Crippen molar-refractivity contribution in [3.8, 4) is 0 Å². The van der Waals surface area contributed by atoms with Crippen molar-refractivity contribution in [1.82, 2.24) is 0 Å². The molecule has 3 N–H and O–H groups in total. The zero-order valence-electron chi connectivity index (χ0n) is 11.2. The number of carbonyl (C=O) groups is 1. The lowest BCUT2D eigenvalue weighted by Gasteiger charge is -2.27. The average Bonchev–Trinajstić information content (AvgIpc) is 2.72. The minimum Gasteiger partial charge on any atom is -0.327 e. The number of anilines is 1. The molecule has 1 aromatic rings. The second-order valence-corrected chi connectivity index (χ2v) is 5.42. The van der Waals surface area contributed by atoms with E-state index in [0.29, 0.717) is 0 Å². The van der Waals surface area contributed by atoms with Gasteiger partial charge < -0.3 is 11.1 Å². The fourth-order valence-corrected chi connectivity index (χ4v) is 2.57. The monoisotopic (exact) mass is 246 g/mol. The van der Waals surface area contributed by atoms with Crippen LogP contribution < -0.4 is 11.1 Å². The maximum Gasteiger partial charge on any atom is 0.231 e. The molecule has 0 aromatic heterocycles. The zero-order valence-corrected chi connectivity index (χ0v) is 11.2. The third-order valence-corrected chi connectivity index (χ3v) is 4.17. The molecule has 3 nitrogen and oxygen atoms in total. The summed E-state index contributed by atoms with van der Waals surface area (Å²) in [5.74, 6) is 0.0525. The van der Waals surface area contributed by atoms with E-state index in [1.54, 1.807) is 0 Å². The van der Waals surface area contributed by atoms with Crippen LogP contribution in [-0.2, 0) is 11.2 Å². The van der Waals surface area contributed by atoms with Gasteiger partial charge >= 0.3 is 0 Å². The van der Waals surface area contributed by atoms with Gasteiger partial charge in [-0.05, 0) is 43.9 Å². The number of nitrogens with one attached hydrogen (secondary N) is 1. The standard InChI is InChI=1S/C15H22N2O/c1-3-11-6-8-12(9-7-11)17-14(18)15(2)10-4-5-13(15)16/h6-9,13H,3-5,10,16H2,1-2H3,(H,17,18). The Labute approximate surface area is 109 Å². The molecular formula is C15H22N2O. The molecule has 0 bridgehead atoms. The van der Waals surface area contributed by atoms with Crippen molar-refractivity contribution in [2.24, 2.45) is 11.1 Å². The van der Waals surface area contributed by atoms with Crippen molar-refractivity contribution in [2.45, 2.75) is 45.6 Å². The quantitative estimate of drug-likeness (QED) is 0.861. The van der Waals surface area contributed by atoms with Crippen LogP contribution >= 0.6 is 0 Å². The van der Waals surface area contributed by atoms with Crippen molar-refractivity contribution < 1.29 is 4.79 Å². The Kier molecular flexibility index (Phi) is 3.71. The van der Waals surface area contributed by atoms with Gasteiger partial charge in [-0.2, -0.15) is 0 Å². The molecule has 0 saturated heterocycles. The van der Waals surface area contributed by atoms with Crippen LogP contribution in [0.5, 0.6) is 0 Å². The summed E-state index contributed by atoms with van der Waals surface area (Å²) in [6.07, 6.45) is 3.88. The second-order valence-electron chi connectivity index (χ2n) is 5.42. The van der Waals surface area contributed by atoms with E-state index >= 15 is 0 Å².